The lowest BCUT2D eigenvalue weighted by Gasteiger charge is -2.08. The Bertz CT molecular complexity index is 474. The molecule has 1 aromatic carbocycles. The maximum absolute atomic E-state index is 13.4. The molecule has 7 heteroatoms. The van der Waals surface area contributed by atoms with Gasteiger partial charge in [0.1, 0.15) is 5.82 Å². The van der Waals surface area contributed by atoms with E-state index in [1.807, 2.05) is 0 Å². The SMILES string of the molecule is N#Cc1ccc(NC(=O)NCCOCCO)c(F)c1. The first-order valence-corrected chi connectivity index (χ1v) is 5.60. The number of urea groups is 1. The minimum Gasteiger partial charge on any atom is -0.394 e. The van der Waals surface area contributed by atoms with Crippen molar-refractivity contribution in [3.05, 3.63) is 29.6 Å². The van der Waals surface area contributed by atoms with Gasteiger partial charge in [0.2, 0.25) is 0 Å². The lowest BCUT2D eigenvalue weighted by Crippen LogP contribution is -2.32. The summed E-state index contributed by atoms with van der Waals surface area (Å²) in [4.78, 5) is 11.4. The largest absolute Gasteiger partial charge is 0.394 e. The standard InChI is InChI=1S/C12H14FN3O3/c13-10-7-9(8-14)1-2-11(10)16-12(18)15-3-5-19-6-4-17/h1-2,7,17H,3-6H2,(H2,15,16,18). The minimum absolute atomic E-state index is 0.00669. The van der Waals surface area contributed by atoms with E-state index in [0.717, 1.165) is 6.07 Å². The van der Waals surface area contributed by atoms with Crippen LogP contribution in [0, 0.1) is 17.1 Å². The van der Waals surface area contributed by atoms with E-state index < -0.39 is 11.8 Å². The lowest BCUT2D eigenvalue weighted by atomic mass is 10.2. The highest BCUT2D eigenvalue weighted by molar-refractivity contribution is 5.89. The summed E-state index contributed by atoms with van der Waals surface area (Å²) in [7, 11) is 0. The summed E-state index contributed by atoms with van der Waals surface area (Å²) in [5, 5.41) is 21.8. The molecule has 0 aliphatic carbocycles. The fourth-order valence-corrected chi connectivity index (χ4v) is 1.26. The van der Waals surface area contributed by atoms with Crippen LogP contribution >= 0.6 is 0 Å². The van der Waals surface area contributed by atoms with Gasteiger partial charge in [-0.25, -0.2) is 9.18 Å². The summed E-state index contributed by atoms with van der Waals surface area (Å²) in [6.07, 6.45) is 0. The molecule has 0 fully saturated rings. The summed E-state index contributed by atoms with van der Waals surface area (Å²) in [6, 6.07) is 4.99. The number of anilines is 1. The number of hydrogen-bond acceptors (Lipinski definition) is 4. The molecular formula is C12H14FN3O3. The van der Waals surface area contributed by atoms with Crippen LogP contribution in [-0.2, 0) is 4.74 Å². The number of rotatable bonds is 6. The molecule has 0 aliphatic rings. The van der Waals surface area contributed by atoms with Crippen LogP contribution in [0.15, 0.2) is 18.2 Å². The van der Waals surface area contributed by atoms with E-state index in [1.165, 1.54) is 12.1 Å². The van der Waals surface area contributed by atoms with Crippen molar-refractivity contribution in [1.82, 2.24) is 5.32 Å². The molecule has 0 radical (unpaired) electrons. The van der Waals surface area contributed by atoms with Crippen LogP contribution < -0.4 is 10.6 Å². The topological polar surface area (TPSA) is 94.4 Å². The Morgan fingerprint density at radius 2 is 2.26 bits per heavy atom. The second kappa shape index (κ2) is 8.02. The second-order valence-corrected chi connectivity index (χ2v) is 3.52. The molecule has 0 bridgehead atoms. The number of aliphatic hydroxyl groups is 1. The molecule has 0 aliphatic heterocycles. The predicted molar refractivity (Wildman–Crippen MR) is 66.0 cm³/mol. The lowest BCUT2D eigenvalue weighted by molar-refractivity contribution is 0.0950. The van der Waals surface area contributed by atoms with E-state index in [2.05, 4.69) is 10.6 Å². The zero-order valence-electron chi connectivity index (χ0n) is 10.1. The van der Waals surface area contributed by atoms with E-state index >= 15 is 0 Å². The van der Waals surface area contributed by atoms with Crippen LogP contribution in [0.25, 0.3) is 0 Å². The molecule has 0 saturated carbocycles. The third-order valence-corrected chi connectivity index (χ3v) is 2.11. The number of aliphatic hydroxyl groups excluding tert-OH is 1. The van der Waals surface area contributed by atoms with E-state index in [1.54, 1.807) is 6.07 Å². The van der Waals surface area contributed by atoms with Gasteiger partial charge < -0.3 is 20.5 Å². The highest BCUT2D eigenvalue weighted by atomic mass is 19.1. The van der Waals surface area contributed by atoms with Crippen LogP contribution in [-0.4, -0.2) is 37.5 Å². The Labute approximate surface area is 109 Å². The molecule has 0 atom stereocenters. The van der Waals surface area contributed by atoms with Gasteiger partial charge in [-0.1, -0.05) is 0 Å². The van der Waals surface area contributed by atoms with Crippen molar-refractivity contribution < 1.29 is 19.0 Å². The first kappa shape index (κ1) is 14.9. The molecule has 3 N–H and O–H groups in total. The maximum Gasteiger partial charge on any atom is 0.319 e. The number of halogens is 1. The Morgan fingerprint density at radius 1 is 1.47 bits per heavy atom. The Morgan fingerprint density at radius 3 is 2.89 bits per heavy atom. The van der Waals surface area contributed by atoms with Crippen molar-refractivity contribution in [3.8, 4) is 6.07 Å². The van der Waals surface area contributed by atoms with Gasteiger partial charge in [0.25, 0.3) is 0 Å². The number of nitrogens with zero attached hydrogens (tertiary/aromatic N) is 1. The van der Waals surface area contributed by atoms with Gasteiger partial charge in [0.05, 0.1) is 37.1 Å². The Kier molecular flexibility index (Phi) is 6.29. The first-order chi connectivity index (χ1) is 9.17. The summed E-state index contributed by atoms with van der Waals surface area (Å²) in [5.74, 6) is -0.675. The van der Waals surface area contributed by atoms with Gasteiger partial charge in [-0.15, -0.1) is 0 Å². The van der Waals surface area contributed by atoms with E-state index in [0.29, 0.717) is 0 Å². The summed E-state index contributed by atoms with van der Waals surface area (Å²) in [5.41, 5.74) is 0.175. The number of benzene rings is 1. The molecule has 102 valence electrons. The number of hydrogen-bond donors (Lipinski definition) is 3. The van der Waals surface area contributed by atoms with Gasteiger partial charge >= 0.3 is 6.03 Å². The van der Waals surface area contributed by atoms with E-state index in [-0.39, 0.29) is 37.6 Å². The molecule has 6 nitrogen and oxygen atoms in total. The van der Waals surface area contributed by atoms with Gasteiger partial charge in [-0.3, -0.25) is 0 Å². The molecule has 0 unspecified atom stereocenters. The molecule has 0 aromatic heterocycles. The third-order valence-electron chi connectivity index (χ3n) is 2.11. The average Bonchev–Trinajstić information content (AvgIpc) is 2.41. The number of carbonyl (C=O) groups is 1. The van der Waals surface area contributed by atoms with E-state index in [4.69, 9.17) is 15.1 Å². The maximum atomic E-state index is 13.4. The van der Waals surface area contributed by atoms with Gasteiger partial charge in [-0.2, -0.15) is 5.26 Å². The van der Waals surface area contributed by atoms with Crippen LogP contribution in [0.4, 0.5) is 14.9 Å². The highest BCUT2D eigenvalue weighted by Gasteiger charge is 2.07. The number of ether oxygens (including phenoxy) is 1. The van der Waals surface area contributed by atoms with Crippen LogP contribution in [0.3, 0.4) is 0 Å². The van der Waals surface area contributed by atoms with Crippen LogP contribution in [0.5, 0.6) is 0 Å². The van der Waals surface area contributed by atoms with Gasteiger partial charge in [-0.05, 0) is 18.2 Å². The molecule has 2 amide bonds. The predicted octanol–water partition coefficient (Wildman–Crippen LogP) is 0.828. The van der Waals surface area contributed by atoms with Crippen molar-refractivity contribution in [2.45, 2.75) is 0 Å². The smallest absolute Gasteiger partial charge is 0.319 e. The van der Waals surface area contributed by atoms with Crippen molar-refractivity contribution in [2.75, 3.05) is 31.7 Å². The molecule has 1 aromatic rings. The Balaban J connectivity index is 2.38. The number of nitrogens with one attached hydrogen (secondary N) is 2. The highest BCUT2D eigenvalue weighted by Crippen LogP contribution is 2.14. The normalized spacial score (nSPS) is 9.74. The zero-order valence-corrected chi connectivity index (χ0v) is 10.1. The number of amides is 2. The molecule has 1 rings (SSSR count). The fraction of sp³-hybridized carbons (Fsp3) is 0.333. The van der Waals surface area contributed by atoms with Crippen LogP contribution in [0.1, 0.15) is 5.56 Å². The van der Waals surface area contributed by atoms with E-state index in [9.17, 15) is 9.18 Å². The second-order valence-electron chi connectivity index (χ2n) is 3.52. The summed E-state index contributed by atoms with van der Waals surface area (Å²) in [6.45, 7) is 0.615. The minimum atomic E-state index is -0.675. The summed E-state index contributed by atoms with van der Waals surface area (Å²) < 4.78 is 18.4. The fourth-order valence-electron chi connectivity index (χ4n) is 1.26. The van der Waals surface area contributed by atoms with Crippen molar-refractivity contribution in [3.63, 3.8) is 0 Å². The summed E-state index contributed by atoms with van der Waals surface area (Å²) >= 11 is 0. The third kappa shape index (κ3) is 5.33. The molecule has 19 heavy (non-hydrogen) atoms. The molecule has 0 saturated heterocycles. The van der Waals surface area contributed by atoms with Crippen LogP contribution in [0.2, 0.25) is 0 Å². The van der Waals surface area contributed by atoms with Crippen molar-refractivity contribution in [2.24, 2.45) is 0 Å². The average molecular weight is 267 g/mol. The first-order valence-electron chi connectivity index (χ1n) is 5.60. The number of carbonyl (C=O) groups excluding carboxylic acids is 1. The van der Waals surface area contributed by atoms with Gasteiger partial charge in [0, 0.05) is 6.54 Å². The molecular weight excluding hydrogens is 253 g/mol. The molecule has 0 spiro atoms. The molecule has 0 heterocycles. The van der Waals surface area contributed by atoms with Crippen molar-refractivity contribution >= 4 is 11.7 Å². The monoisotopic (exact) mass is 267 g/mol. The Hall–Kier alpha value is -2.17. The quantitative estimate of drug-likeness (QED) is 0.665. The van der Waals surface area contributed by atoms with Crippen molar-refractivity contribution in [1.29, 1.82) is 5.26 Å². The number of nitriles is 1. The zero-order chi connectivity index (χ0) is 14.1. The van der Waals surface area contributed by atoms with Gasteiger partial charge in [0.15, 0.2) is 0 Å².